The molecule has 0 amide bonds. The smallest absolute Gasteiger partial charge is 0.191 e. The zero-order valence-electron chi connectivity index (χ0n) is 13.5. The topological polar surface area (TPSA) is 70.6 Å². The van der Waals surface area contributed by atoms with Gasteiger partial charge in [-0.25, -0.2) is 8.42 Å². The molecule has 2 N–H and O–H groups in total. The lowest BCUT2D eigenvalue weighted by molar-refractivity contribution is 0.106. The predicted octanol–water partition coefficient (Wildman–Crippen LogP) is 1.55. The van der Waals surface area contributed by atoms with Crippen molar-refractivity contribution in [3.05, 3.63) is 0 Å². The maximum Gasteiger partial charge on any atom is 0.191 e. The van der Waals surface area contributed by atoms with Crippen LogP contribution in [0, 0.1) is 11.3 Å². The molecule has 122 valence electrons. The van der Waals surface area contributed by atoms with Crippen LogP contribution in [0.2, 0.25) is 0 Å². The van der Waals surface area contributed by atoms with Crippen LogP contribution in [0.3, 0.4) is 0 Å². The molecule has 0 saturated heterocycles. The van der Waals surface area contributed by atoms with Crippen LogP contribution >= 0.6 is 0 Å². The van der Waals surface area contributed by atoms with Crippen LogP contribution in [0.4, 0.5) is 0 Å². The number of sulfone groups is 1. The summed E-state index contributed by atoms with van der Waals surface area (Å²) in [5.41, 5.74) is 0.508. The molecule has 2 fully saturated rings. The van der Waals surface area contributed by atoms with Gasteiger partial charge >= 0.3 is 0 Å². The summed E-state index contributed by atoms with van der Waals surface area (Å²) < 4.78 is 22.4. The average molecular weight is 315 g/mol. The van der Waals surface area contributed by atoms with E-state index in [1.807, 2.05) is 6.92 Å². The van der Waals surface area contributed by atoms with Gasteiger partial charge in [0, 0.05) is 25.9 Å². The third-order valence-electron chi connectivity index (χ3n) is 4.93. The first-order valence-corrected chi connectivity index (χ1v) is 10.1. The monoisotopic (exact) mass is 315 g/mol. The standard InChI is InChI=1S/C15H29N3O2S/c1-12(7-10-21(3,19)20)18-14(16-2)17-11-15(8-4-9-15)13-5-6-13/h12-13H,4-11H2,1-3H3,(H2,16,17,18). The number of guanidine groups is 1. The highest BCUT2D eigenvalue weighted by atomic mass is 32.2. The molecule has 5 nitrogen and oxygen atoms in total. The molecule has 0 spiro atoms. The Balaban J connectivity index is 1.75. The lowest BCUT2D eigenvalue weighted by atomic mass is 9.65. The van der Waals surface area contributed by atoms with E-state index >= 15 is 0 Å². The van der Waals surface area contributed by atoms with Crippen LogP contribution in [0.25, 0.3) is 0 Å². The van der Waals surface area contributed by atoms with Crippen molar-refractivity contribution >= 4 is 15.8 Å². The summed E-state index contributed by atoms with van der Waals surface area (Å²) in [6, 6.07) is 0.101. The molecule has 6 heteroatoms. The Morgan fingerprint density at radius 2 is 2.05 bits per heavy atom. The van der Waals surface area contributed by atoms with Crippen LogP contribution < -0.4 is 10.6 Å². The van der Waals surface area contributed by atoms with Gasteiger partial charge in [0.15, 0.2) is 5.96 Å². The fourth-order valence-corrected chi connectivity index (χ4v) is 3.99. The number of rotatable bonds is 7. The zero-order valence-corrected chi connectivity index (χ0v) is 14.3. The molecule has 0 aromatic rings. The molecule has 0 aliphatic heterocycles. The molecule has 0 bridgehead atoms. The minimum Gasteiger partial charge on any atom is -0.356 e. The Labute approximate surface area is 128 Å². The van der Waals surface area contributed by atoms with E-state index in [2.05, 4.69) is 15.6 Å². The van der Waals surface area contributed by atoms with Gasteiger partial charge in [-0.15, -0.1) is 0 Å². The van der Waals surface area contributed by atoms with Crippen molar-refractivity contribution in [2.45, 2.75) is 51.5 Å². The maximum atomic E-state index is 11.2. The normalized spacial score (nSPS) is 23.3. The molecular formula is C15H29N3O2S. The molecule has 21 heavy (non-hydrogen) atoms. The summed E-state index contributed by atoms with van der Waals surface area (Å²) in [7, 11) is -1.13. The first-order valence-electron chi connectivity index (χ1n) is 7.99. The van der Waals surface area contributed by atoms with E-state index in [1.165, 1.54) is 38.4 Å². The lowest BCUT2D eigenvalue weighted by Crippen LogP contribution is -2.49. The molecule has 2 rings (SSSR count). The number of hydrogen-bond donors (Lipinski definition) is 2. The largest absolute Gasteiger partial charge is 0.356 e. The molecule has 2 saturated carbocycles. The second-order valence-electron chi connectivity index (χ2n) is 6.88. The van der Waals surface area contributed by atoms with Crippen molar-refractivity contribution < 1.29 is 8.42 Å². The molecule has 0 radical (unpaired) electrons. The van der Waals surface area contributed by atoms with Gasteiger partial charge in [-0.3, -0.25) is 4.99 Å². The van der Waals surface area contributed by atoms with Crippen LogP contribution in [0.5, 0.6) is 0 Å². The fraction of sp³-hybridized carbons (Fsp3) is 0.933. The third-order valence-corrected chi connectivity index (χ3v) is 5.91. The Kier molecular flexibility index (Phi) is 5.17. The summed E-state index contributed by atoms with van der Waals surface area (Å²) in [4.78, 5) is 4.26. The second-order valence-corrected chi connectivity index (χ2v) is 9.14. The van der Waals surface area contributed by atoms with E-state index in [9.17, 15) is 8.42 Å². The van der Waals surface area contributed by atoms with Gasteiger partial charge in [0.1, 0.15) is 9.84 Å². The molecule has 0 heterocycles. The highest BCUT2D eigenvalue weighted by Crippen LogP contribution is 2.56. The quantitative estimate of drug-likeness (QED) is 0.552. The second kappa shape index (κ2) is 6.55. The lowest BCUT2D eigenvalue weighted by Gasteiger charge is -2.43. The fourth-order valence-electron chi connectivity index (χ4n) is 3.21. The van der Waals surface area contributed by atoms with Gasteiger partial charge in [0.25, 0.3) is 0 Å². The predicted molar refractivity (Wildman–Crippen MR) is 87.3 cm³/mol. The van der Waals surface area contributed by atoms with Gasteiger partial charge in [-0.05, 0) is 50.4 Å². The van der Waals surface area contributed by atoms with Gasteiger partial charge in [0.05, 0.1) is 5.75 Å². The number of hydrogen-bond acceptors (Lipinski definition) is 3. The Morgan fingerprint density at radius 1 is 1.38 bits per heavy atom. The van der Waals surface area contributed by atoms with Crippen molar-refractivity contribution in [3.63, 3.8) is 0 Å². The van der Waals surface area contributed by atoms with Crippen molar-refractivity contribution in [2.75, 3.05) is 25.6 Å². The van der Waals surface area contributed by atoms with Gasteiger partial charge in [-0.1, -0.05) is 6.42 Å². The van der Waals surface area contributed by atoms with E-state index in [1.54, 1.807) is 7.05 Å². The van der Waals surface area contributed by atoms with Gasteiger partial charge < -0.3 is 10.6 Å². The zero-order chi connectivity index (χ0) is 15.5. The van der Waals surface area contributed by atoms with Crippen LogP contribution in [-0.2, 0) is 9.84 Å². The molecule has 2 aliphatic rings. The van der Waals surface area contributed by atoms with Crippen molar-refractivity contribution in [3.8, 4) is 0 Å². The van der Waals surface area contributed by atoms with E-state index in [0.717, 1.165) is 18.4 Å². The molecule has 0 aromatic carbocycles. The first-order chi connectivity index (χ1) is 9.85. The summed E-state index contributed by atoms with van der Waals surface area (Å²) in [6.45, 7) is 2.99. The van der Waals surface area contributed by atoms with Crippen LogP contribution in [-0.4, -0.2) is 46.0 Å². The van der Waals surface area contributed by atoms with E-state index < -0.39 is 9.84 Å². The molecule has 0 aromatic heterocycles. The first kappa shape index (κ1) is 16.6. The van der Waals surface area contributed by atoms with E-state index in [-0.39, 0.29) is 11.8 Å². The maximum absolute atomic E-state index is 11.2. The van der Waals surface area contributed by atoms with E-state index in [0.29, 0.717) is 11.8 Å². The van der Waals surface area contributed by atoms with Crippen molar-refractivity contribution in [1.29, 1.82) is 0 Å². The van der Waals surface area contributed by atoms with Crippen molar-refractivity contribution in [1.82, 2.24) is 10.6 Å². The van der Waals surface area contributed by atoms with Gasteiger partial charge in [-0.2, -0.15) is 0 Å². The highest BCUT2D eigenvalue weighted by Gasteiger charge is 2.48. The average Bonchev–Trinajstić information content (AvgIpc) is 3.17. The number of nitrogens with zero attached hydrogens (tertiary/aromatic N) is 1. The van der Waals surface area contributed by atoms with Crippen LogP contribution in [0.1, 0.15) is 45.4 Å². The molecule has 1 unspecified atom stereocenters. The summed E-state index contributed by atoms with van der Waals surface area (Å²) >= 11 is 0. The minimum absolute atomic E-state index is 0.101. The summed E-state index contributed by atoms with van der Waals surface area (Å²) in [5, 5.41) is 6.74. The molecule has 2 aliphatic carbocycles. The highest BCUT2D eigenvalue weighted by molar-refractivity contribution is 7.90. The Morgan fingerprint density at radius 3 is 2.48 bits per heavy atom. The molecule has 1 atom stereocenters. The summed E-state index contributed by atoms with van der Waals surface area (Å²) in [6.07, 6.45) is 8.69. The molecular weight excluding hydrogens is 286 g/mol. The van der Waals surface area contributed by atoms with Crippen molar-refractivity contribution in [2.24, 2.45) is 16.3 Å². The summed E-state index contributed by atoms with van der Waals surface area (Å²) in [5.74, 6) is 1.92. The Hall–Kier alpha value is -0.780. The van der Waals surface area contributed by atoms with Gasteiger partial charge in [0.2, 0.25) is 0 Å². The number of nitrogens with one attached hydrogen (secondary N) is 2. The Bertz CT molecular complexity index is 479. The number of aliphatic imine (C=N–C) groups is 1. The minimum atomic E-state index is -2.90. The van der Waals surface area contributed by atoms with Crippen LogP contribution in [0.15, 0.2) is 4.99 Å². The third kappa shape index (κ3) is 4.87. The van der Waals surface area contributed by atoms with E-state index in [4.69, 9.17) is 0 Å². The SMILES string of the molecule is CN=C(NCC1(C2CC2)CCC1)NC(C)CCS(C)(=O)=O.